The molecule has 2 unspecified atom stereocenters. The maximum atomic E-state index is 12.1. The summed E-state index contributed by atoms with van der Waals surface area (Å²) >= 11 is 0. The molecule has 0 radical (unpaired) electrons. The molecule has 0 spiro atoms. The summed E-state index contributed by atoms with van der Waals surface area (Å²) in [6.07, 6.45) is 3.80. The third kappa shape index (κ3) is 3.66. The Bertz CT molecular complexity index is 569. The molecule has 6 nitrogen and oxygen atoms in total. The Morgan fingerprint density at radius 2 is 2.24 bits per heavy atom. The van der Waals surface area contributed by atoms with Gasteiger partial charge in [0.05, 0.1) is 10.5 Å². The molecule has 6 heteroatoms. The summed E-state index contributed by atoms with van der Waals surface area (Å²) in [7, 11) is 0. The summed E-state index contributed by atoms with van der Waals surface area (Å²) in [6.45, 7) is 3.28. The van der Waals surface area contributed by atoms with Gasteiger partial charge in [0.1, 0.15) is 0 Å². The van der Waals surface area contributed by atoms with Crippen LogP contribution in [0.15, 0.2) is 30.3 Å². The second-order valence-corrected chi connectivity index (χ2v) is 5.34. The van der Waals surface area contributed by atoms with Crippen molar-refractivity contribution in [3.63, 3.8) is 0 Å². The van der Waals surface area contributed by atoms with Gasteiger partial charge in [-0.3, -0.25) is 14.9 Å². The molecule has 0 saturated carbocycles. The number of hydrogen-bond acceptors (Lipinski definition) is 4. The molecule has 1 aromatic rings. The van der Waals surface area contributed by atoms with Crippen LogP contribution in [0, 0.1) is 16.0 Å². The van der Waals surface area contributed by atoms with E-state index in [0.717, 1.165) is 6.42 Å². The normalized spacial score (nSPS) is 19.9. The molecule has 2 atom stereocenters. The van der Waals surface area contributed by atoms with Gasteiger partial charge in [0, 0.05) is 31.3 Å². The van der Waals surface area contributed by atoms with E-state index < -0.39 is 4.92 Å². The first-order valence-corrected chi connectivity index (χ1v) is 6.95. The number of benzene rings is 1. The van der Waals surface area contributed by atoms with E-state index in [1.54, 1.807) is 23.1 Å². The zero-order chi connectivity index (χ0) is 15.4. The predicted molar refractivity (Wildman–Crippen MR) is 80.5 cm³/mol. The van der Waals surface area contributed by atoms with Crippen LogP contribution in [0.5, 0.6) is 0 Å². The minimum absolute atomic E-state index is 0.00331. The average molecular weight is 289 g/mol. The van der Waals surface area contributed by atoms with Crippen LogP contribution in [-0.4, -0.2) is 34.9 Å². The number of nitro groups is 1. The van der Waals surface area contributed by atoms with Crippen molar-refractivity contribution >= 4 is 17.7 Å². The fourth-order valence-corrected chi connectivity index (χ4v) is 2.48. The second kappa shape index (κ2) is 6.49. The molecule has 1 aliphatic heterocycles. The van der Waals surface area contributed by atoms with E-state index >= 15 is 0 Å². The molecule has 0 bridgehead atoms. The van der Waals surface area contributed by atoms with E-state index in [4.69, 9.17) is 5.73 Å². The zero-order valence-corrected chi connectivity index (χ0v) is 11.9. The Labute approximate surface area is 123 Å². The van der Waals surface area contributed by atoms with Gasteiger partial charge in [-0.2, -0.15) is 0 Å². The number of hydrogen-bond donors (Lipinski definition) is 1. The van der Waals surface area contributed by atoms with Gasteiger partial charge in [0.25, 0.3) is 5.69 Å². The predicted octanol–water partition coefficient (Wildman–Crippen LogP) is 1.80. The van der Waals surface area contributed by atoms with E-state index in [2.05, 4.69) is 0 Å². The molecule has 0 aromatic heterocycles. The van der Waals surface area contributed by atoms with Crippen molar-refractivity contribution in [1.82, 2.24) is 4.90 Å². The number of carbonyl (C=O) groups excluding carboxylic acids is 1. The van der Waals surface area contributed by atoms with Gasteiger partial charge >= 0.3 is 0 Å². The summed E-state index contributed by atoms with van der Waals surface area (Å²) in [6, 6.07) is 6.43. The molecule has 1 heterocycles. The molecular formula is C15H19N3O3. The van der Waals surface area contributed by atoms with Gasteiger partial charge in [-0.1, -0.05) is 12.1 Å². The van der Waals surface area contributed by atoms with Crippen LogP contribution in [0.4, 0.5) is 5.69 Å². The maximum absolute atomic E-state index is 12.1. The van der Waals surface area contributed by atoms with Crippen LogP contribution >= 0.6 is 0 Å². The molecule has 21 heavy (non-hydrogen) atoms. The van der Waals surface area contributed by atoms with Gasteiger partial charge < -0.3 is 10.6 Å². The third-order valence-corrected chi connectivity index (χ3v) is 3.82. The van der Waals surface area contributed by atoms with Crippen LogP contribution in [0.25, 0.3) is 6.08 Å². The van der Waals surface area contributed by atoms with E-state index in [1.807, 2.05) is 6.92 Å². The Morgan fingerprint density at radius 1 is 1.52 bits per heavy atom. The van der Waals surface area contributed by atoms with Gasteiger partial charge in [0.15, 0.2) is 0 Å². The molecule has 1 saturated heterocycles. The number of nitrogens with zero attached hydrogens (tertiary/aromatic N) is 2. The van der Waals surface area contributed by atoms with Gasteiger partial charge in [-0.05, 0) is 31.4 Å². The second-order valence-electron chi connectivity index (χ2n) is 5.34. The summed E-state index contributed by atoms with van der Waals surface area (Å²) in [5.41, 5.74) is 6.27. The summed E-state index contributed by atoms with van der Waals surface area (Å²) in [5, 5.41) is 10.9. The topological polar surface area (TPSA) is 89.5 Å². The smallest absolute Gasteiger partial charge is 0.276 e. The quantitative estimate of drug-likeness (QED) is 0.520. The van der Waals surface area contributed by atoms with E-state index in [-0.39, 0.29) is 17.6 Å². The molecule has 1 aromatic carbocycles. The number of carbonyl (C=O) groups is 1. The standard InChI is InChI=1S/C15H19N3O3/c1-11(16)13-8-9-17(10-13)15(19)7-6-12-4-2-3-5-14(12)18(20)21/h2-7,11,13H,8-10,16H2,1H3/b7-6+. The number of rotatable bonds is 4. The molecule has 2 rings (SSSR count). The van der Waals surface area contributed by atoms with Crippen molar-refractivity contribution in [1.29, 1.82) is 0 Å². The first-order chi connectivity index (χ1) is 9.99. The van der Waals surface area contributed by atoms with Crippen molar-refractivity contribution in [3.8, 4) is 0 Å². The van der Waals surface area contributed by atoms with Crippen LogP contribution in [-0.2, 0) is 4.79 Å². The van der Waals surface area contributed by atoms with Crippen molar-refractivity contribution in [2.45, 2.75) is 19.4 Å². The first kappa shape index (κ1) is 15.2. The lowest BCUT2D eigenvalue weighted by molar-refractivity contribution is -0.385. The largest absolute Gasteiger partial charge is 0.339 e. The Hall–Kier alpha value is -2.21. The summed E-state index contributed by atoms with van der Waals surface area (Å²) in [5.74, 6) is 0.199. The lowest BCUT2D eigenvalue weighted by atomic mass is 10.0. The summed E-state index contributed by atoms with van der Waals surface area (Å²) in [4.78, 5) is 24.3. The van der Waals surface area contributed by atoms with Crippen molar-refractivity contribution < 1.29 is 9.72 Å². The average Bonchev–Trinajstić information content (AvgIpc) is 2.95. The molecular weight excluding hydrogens is 270 g/mol. The number of para-hydroxylation sites is 1. The zero-order valence-electron chi connectivity index (χ0n) is 11.9. The highest BCUT2D eigenvalue weighted by atomic mass is 16.6. The monoisotopic (exact) mass is 289 g/mol. The third-order valence-electron chi connectivity index (χ3n) is 3.82. The van der Waals surface area contributed by atoms with Crippen molar-refractivity contribution in [3.05, 3.63) is 46.0 Å². The Balaban J connectivity index is 2.05. The molecule has 2 N–H and O–H groups in total. The van der Waals surface area contributed by atoms with Crippen LogP contribution in [0.1, 0.15) is 18.9 Å². The number of nitrogens with two attached hydrogens (primary N) is 1. The maximum Gasteiger partial charge on any atom is 0.276 e. The highest BCUT2D eigenvalue weighted by Crippen LogP contribution is 2.21. The molecule has 1 fully saturated rings. The van der Waals surface area contributed by atoms with Gasteiger partial charge in [-0.15, -0.1) is 0 Å². The minimum atomic E-state index is -0.452. The van der Waals surface area contributed by atoms with Crippen LogP contribution in [0.2, 0.25) is 0 Å². The molecule has 112 valence electrons. The lowest BCUT2D eigenvalue weighted by Crippen LogP contribution is -2.32. The Morgan fingerprint density at radius 3 is 2.86 bits per heavy atom. The van der Waals surface area contributed by atoms with Crippen molar-refractivity contribution in [2.75, 3.05) is 13.1 Å². The fourth-order valence-electron chi connectivity index (χ4n) is 2.48. The Kier molecular flexibility index (Phi) is 4.70. The number of amides is 1. The number of likely N-dealkylation sites (tertiary alicyclic amines) is 1. The highest BCUT2D eigenvalue weighted by Gasteiger charge is 2.27. The van der Waals surface area contributed by atoms with E-state index in [9.17, 15) is 14.9 Å². The van der Waals surface area contributed by atoms with E-state index in [1.165, 1.54) is 18.2 Å². The highest BCUT2D eigenvalue weighted by molar-refractivity contribution is 5.92. The SMILES string of the molecule is CC(N)C1CCN(C(=O)/C=C/c2ccccc2[N+](=O)[O-])C1. The van der Waals surface area contributed by atoms with Crippen molar-refractivity contribution in [2.24, 2.45) is 11.7 Å². The molecule has 1 aliphatic rings. The fraction of sp³-hybridized carbons (Fsp3) is 0.400. The lowest BCUT2D eigenvalue weighted by Gasteiger charge is -2.16. The first-order valence-electron chi connectivity index (χ1n) is 6.95. The number of nitro benzene ring substituents is 1. The van der Waals surface area contributed by atoms with Gasteiger partial charge in [-0.25, -0.2) is 0 Å². The molecule has 0 aliphatic carbocycles. The molecule has 1 amide bonds. The summed E-state index contributed by atoms with van der Waals surface area (Å²) < 4.78 is 0. The van der Waals surface area contributed by atoms with E-state index in [0.29, 0.717) is 24.6 Å². The van der Waals surface area contributed by atoms with Crippen LogP contribution in [0.3, 0.4) is 0 Å². The van der Waals surface area contributed by atoms with Gasteiger partial charge in [0.2, 0.25) is 5.91 Å². The minimum Gasteiger partial charge on any atom is -0.339 e. The van der Waals surface area contributed by atoms with Crippen LogP contribution < -0.4 is 5.73 Å².